The lowest BCUT2D eigenvalue weighted by atomic mass is 9.94. The summed E-state index contributed by atoms with van der Waals surface area (Å²) in [7, 11) is 0. The Kier molecular flexibility index (Phi) is 3.11. The molecule has 4 heterocycles. The molecule has 0 aliphatic heterocycles. The minimum absolute atomic E-state index is 0.775. The zero-order valence-corrected chi connectivity index (χ0v) is 18.8. The SMILES string of the molecule is c1ccc2c(c1)Cc1cc3c(cc1-2)-c1c(ccc2c4cnccc4n4c5cccnc5nc4c12)C3. The molecule has 0 unspecified atom stereocenters. The van der Waals surface area contributed by atoms with Crippen LogP contribution in [0.25, 0.3) is 60.7 Å². The van der Waals surface area contributed by atoms with Gasteiger partial charge in [-0.2, -0.15) is 0 Å². The van der Waals surface area contributed by atoms with Gasteiger partial charge in [0.25, 0.3) is 0 Å². The molecule has 0 bridgehead atoms. The average Bonchev–Trinajstić information content (AvgIpc) is 3.58. The second kappa shape index (κ2) is 6.10. The first-order chi connectivity index (χ1) is 17.3. The standard InChI is InChI=1S/C31H18N4/c1-2-5-21-17(4-1)12-19-14-20-13-18-7-8-22-25-16-32-11-9-26(25)35-27-6-3-10-33-30(27)34-31(35)29(22)28(18)24(20)15-23(19)21/h1-11,14-16H,12-13H2. The van der Waals surface area contributed by atoms with Crippen molar-refractivity contribution in [3.63, 3.8) is 0 Å². The summed E-state index contributed by atoms with van der Waals surface area (Å²) >= 11 is 0. The topological polar surface area (TPSA) is 43.1 Å². The van der Waals surface area contributed by atoms with Gasteiger partial charge in [-0.3, -0.25) is 9.38 Å². The summed E-state index contributed by atoms with van der Waals surface area (Å²) in [5, 5.41) is 3.54. The number of benzene rings is 3. The normalized spacial score (nSPS) is 13.5. The maximum atomic E-state index is 5.08. The maximum absolute atomic E-state index is 5.08. The second-order valence-corrected chi connectivity index (χ2v) is 9.71. The average molecular weight is 447 g/mol. The van der Waals surface area contributed by atoms with E-state index in [1.807, 2.05) is 24.7 Å². The molecule has 0 fully saturated rings. The van der Waals surface area contributed by atoms with Crippen LogP contribution in [0.4, 0.5) is 0 Å². The number of imidazole rings is 1. The van der Waals surface area contributed by atoms with E-state index < -0.39 is 0 Å². The van der Waals surface area contributed by atoms with Crippen molar-refractivity contribution in [2.45, 2.75) is 12.8 Å². The molecule has 0 radical (unpaired) electrons. The Morgan fingerprint density at radius 1 is 0.657 bits per heavy atom. The number of pyridine rings is 3. The lowest BCUT2D eigenvalue weighted by Crippen LogP contribution is -1.94. The first kappa shape index (κ1) is 17.8. The second-order valence-electron chi connectivity index (χ2n) is 9.71. The number of aromatic nitrogens is 4. The van der Waals surface area contributed by atoms with E-state index in [9.17, 15) is 0 Å². The third-order valence-corrected chi connectivity index (χ3v) is 7.94. The van der Waals surface area contributed by atoms with Crippen LogP contribution in [0.2, 0.25) is 0 Å². The highest BCUT2D eigenvalue weighted by atomic mass is 15.1. The van der Waals surface area contributed by atoms with E-state index in [1.54, 1.807) is 0 Å². The predicted octanol–water partition coefficient (Wildman–Crippen LogP) is 6.73. The van der Waals surface area contributed by atoms with Gasteiger partial charge < -0.3 is 0 Å². The van der Waals surface area contributed by atoms with Crippen molar-refractivity contribution in [1.82, 2.24) is 19.4 Å². The van der Waals surface area contributed by atoms with E-state index >= 15 is 0 Å². The molecule has 0 N–H and O–H groups in total. The van der Waals surface area contributed by atoms with Crippen molar-refractivity contribution in [2.75, 3.05) is 0 Å². The Morgan fingerprint density at radius 3 is 2.57 bits per heavy atom. The summed E-state index contributed by atoms with van der Waals surface area (Å²) in [5.41, 5.74) is 14.9. The van der Waals surface area contributed by atoms with Crippen LogP contribution in [0, 0.1) is 0 Å². The number of nitrogens with zero attached hydrogens (tertiary/aromatic N) is 4. The monoisotopic (exact) mass is 446 g/mol. The number of hydrogen-bond acceptors (Lipinski definition) is 3. The largest absolute Gasteiger partial charge is 0.290 e. The van der Waals surface area contributed by atoms with Crippen LogP contribution in [-0.2, 0) is 12.8 Å². The molecule has 4 heteroatoms. The summed E-state index contributed by atoms with van der Waals surface area (Å²) in [6.07, 6.45) is 7.65. The lowest BCUT2D eigenvalue weighted by Gasteiger charge is -2.13. The summed E-state index contributed by atoms with van der Waals surface area (Å²) in [6, 6.07) is 24.4. The first-order valence-corrected chi connectivity index (χ1v) is 12.0. The maximum Gasteiger partial charge on any atom is 0.178 e. The van der Waals surface area contributed by atoms with E-state index in [0.29, 0.717) is 0 Å². The molecule has 3 aromatic carbocycles. The molecule has 2 aliphatic rings. The van der Waals surface area contributed by atoms with Gasteiger partial charge in [-0.1, -0.05) is 42.5 Å². The van der Waals surface area contributed by atoms with Gasteiger partial charge in [0.15, 0.2) is 5.65 Å². The highest BCUT2D eigenvalue weighted by molar-refractivity contribution is 6.19. The van der Waals surface area contributed by atoms with Crippen molar-refractivity contribution in [2.24, 2.45) is 0 Å². The molecule has 2 aliphatic carbocycles. The fraction of sp³-hybridized carbons (Fsp3) is 0.0645. The van der Waals surface area contributed by atoms with Gasteiger partial charge in [0.05, 0.1) is 11.0 Å². The summed E-state index contributed by atoms with van der Waals surface area (Å²) in [5.74, 6) is 0. The van der Waals surface area contributed by atoms with E-state index in [0.717, 1.165) is 40.6 Å². The van der Waals surface area contributed by atoms with Crippen molar-refractivity contribution in [3.05, 3.63) is 108 Å². The van der Waals surface area contributed by atoms with Crippen LogP contribution in [0.5, 0.6) is 0 Å². The molecule has 35 heavy (non-hydrogen) atoms. The van der Waals surface area contributed by atoms with Gasteiger partial charge in [-0.15, -0.1) is 0 Å². The third kappa shape index (κ3) is 2.15. The molecular formula is C31H18N4. The van der Waals surface area contributed by atoms with Gasteiger partial charge in [0.2, 0.25) is 0 Å². The van der Waals surface area contributed by atoms with Crippen LogP contribution in [0.3, 0.4) is 0 Å². The summed E-state index contributed by atoms with van der Waals surface area (Å²) in [6.45, 7) is 0. The fourth-order valence-electron chi connectivity index (χ4n) is 6.49. The van der Waals surface area contributed by atoms with E-state index in [-0.39, 0.29) is 0 Å². The van der Waals surface area contributed by atoms with Crippen LogP contribution >= 0.6 is 0 Å². The van der Waals surface area contributed by atoms with Gasteiger partial charge >= 0.3 is 0 Å². The van der Waals surface area contributed by atoms with Crippen molar-refractivity contribution in [1.29, 1.82) is 0 Å². The Hall–Kier alpha value is -4.57. The van der Waals surface area contributed by atoms with E-state index in [4.69, 9.17) is 4.98 Å². The van der Waals surface area contributed by atoms with Crippen molar-refractivity contribution in [3.8, 4) is 22.3 Å². The molecule has 4 nitrogen and oxygen atoms in total. The van der Waals surface area contributed by atoms with Crippen LogP contribution in [0.1, 0.15) is 22.3 Å². The molecular weight excluding hydrogens is 428 g/mol. The van der Waals surface area contributed by atoms with Gasteiger partial charge in [0.1, 0.15) is 5.65 Å². The molecule has 4 aromatic heterocycles. The smallest absolute Gasteiger partial charge is 0.178 e. The Bertz CT molecular complexity index is 2070. The van der Waals surface area contributed by atoms with Crippen molar-refractivity contribution < 1.29 is 0 Å². The lowest BCUT2D eigenvalue weighted by molar-refractivity contribution is 1.21. The highest BCUT2D eigenvalue weighted by Crippen LogP contribution is 2.48. The number of fused-ring (bicyclic) bond motifs is 15. The molecule has 162 valence electrons. The van der Waals surface area contributed by atoms with Crippen molar-refractivity contribution >= 4 is 38.5 Å². The van der Waals surface area contributed by atoms with E-state index in [1.165, 1.54) is 55.3 Å². The fourth-order valence-corrected chi connectivity index (χ4v) is 6.49. The quantitative estimate of drug-likeness (QED) is 0.243. The zero-order chi connectivity index (χ0) is 22.7. The van der Waals surface area contributed by atoms with Gasteiger partial charge in [-0.25, -0.2) is 9.97 Å². The third-order valence-electron chi connectivity index (χ3n) is 7.94. The Labute approximate surface area is 200 Å². The molecule has 0 saturated carbocycles. The molecule has 0 amide bonds. The Balaban J connectivity index is 1.48. The zero-order valence-electron chi connectivity index (χ0n) is 18.8. The highest BCUT2D eigenvalue weighted by Gasteiger charge is 2.28. The van der Waals surface area contributed by atoms with Crippen LogP contribution in [0.15, 0.2) is 85.3 Å². The predicted molar refractivity (Wildman–Crippen MR) is 140 cm³/mol. The molecule has 7 aromatic rings. The van der Waals surface area contributed by atoms with Crippen LogP contribution < -0.4 is 0 Å². The number of hydrogen-bond donors (Lipinski definition) is 0. The summed E-state index contributed by atoms with van der Waals surface area (Å²) < 4.78 is 2.27. The summed E-state index contributed by atoms with van der Waals surface area (Å²) in [4.78, 5) is 14.2. The van der Waals surface area contributed by atoms with E-state index in [2.05, 4.69) is 75.0 Å². The molecule has 0 saturated heterocycles. The molecule has 0 spiro atoms. The molecule has 0 atom stereocenters. The minimum atomic E-state index is 0.775. The first-order valence-electron chi connectivity index (χ1n) is 12.0. The van der Waals surface area contributed by atoms with Gasteiger partial charge in [0, 0.05) is 29.4 Å². The van der Waals surface area contributed by atoms with Crippen LogP contribution in [-0.4, -0.2) is 19.4 Å². The molecule has 9 rings (SSSR count). The minimum Gasteiger partial charge on any atom is -0.290 e. The Morgan fingerprint density at radius 2 is 1.57 bits per heavy atom. The number of rotatable bonds is 0. The van der Waals surface area contributed by atoms with Gasteiger partial charge in [-0.05, 0) is 87.0 Å².